The number of phenolic OH excluding ortho intramolecular Hbond substituents is 1. The molecule has 0 spiro atoms. The summed E-state index contributed by atoms with van der Waals surface area (Å²) >= 11 is 1.46. The molecule has 3 aromatic rings. The molecule has 0 radical (unpaired) electrons. The van der Waals surface area contributed by atoms with E-state index in [1.165, 1.54) is 11.9 Å². The molecule has 4 rings (SSSR count). The number of fused-ring (bicyclic) bond motifs is 5. The molecule has 5 heteroatoms. The fraction of sp³-hybridized carbons (Fsp3) is 0. The molecule has 0 unspecified atom stereocenters. The van der Waals surface area contributed by atoms with Gasteiger partial charge in [0.25, 0.3) is 0 Å². The molecule has 0 aliphatic carbocycles. The first-order valence-electron chi connectivity index (χ1n) is 6.18. The Balaban J connectivity index is 2.16. The van der Waals surface area contributed by atoms with Crippen molar-refractivity contribution < 1.29 is 5.11 Å². The third kappa shape index (κ3) is 1.51. The van der Waals surface area contributed by atoms with Gasteiger partial charge in [0.05, 0.1) is 5.69 Å². The summed E-state index contributed by atoms with van der Waals surface area (Å²) in [7, 11) is 0. The summed E-state index contributed by atoms with van der Waals surface area (Å²) in [6.45, 7) is 0. The summed E-state index contributed by atoms with van der Waals surface area (Å²) in [5, 5.41) is 10.9. The fourth-order valence-electron chi connectivity index (χ4n) is 2.56. The molecule has 2 heterocycles. The predicted molar refractivity (Wildman–Crippen MR) is 81.4 cm³/mol. The lowest BCUT2D eigenvalue weighted by Crippen LogP contribution is -2.25. The van der Waals surface area contributed by atoms with E-state index in [1.807, 2.05) is 30.3 Å². The van der Waals surface area contributed by atoms with Crippen LogP contribution in [0.3, 0.4) is 0 Å². The fourth-order valence-corrected chi connectivity index (χ4v) is 3.46. The molecule has 4 nitrogen and oxygen atoms in total. The second-order valence-corrected chi connectivity index (χ2v) is 5.62. The van der Waals surface area contributed by atoms with Crippen molar-refractivity contribution in [2.45, 2.75) is 4.90 Å². The first-order valence-corrected chi connectivity index (χ1v) is 6.96. The molecule has 98 valence electrons. The lowest BCUT2D eigenvalue weighted by Gasteiger charge is -2.28. The van der Waals surface area contributed by atoms with Crippen LogP contribution in [0.15, 0.2) is 53.6 Å². The first kappa shape index (κ1) is 11.6. The lowest BCUT2D eigenvalue weighted by molar-refractivity contribution is 0.482. The van der Waals surface area contributed by atoms with E-state index in [9.17, 15) is 5.11 Å². The zero-order valence-electron chi connectivity index (χ0n) is 10.4. The van der Waals surface area contributed by atoms with Crippen molar-refractivity contribution in [2.75, 3.05) is 4.41 Å². The summed E-state index contributed by atoms with van der Waals surface area (Å²) in [6, 6.07) is 13.4. The van der Waals surface area contributed by atoms with Crippen molar-refractivity contribution in [1.82, 2.24) is 4.98 Å². The van der Waals surface area contributed by atoms with Gasteiger partial charge in [-0.2, -0.15) is 0 Å². The topological polar surface area (TPSA) is 62.4 Å². The third-order valence-corrected chi connectivity index (χ3v) is 4.37. The molecular formula is C15H11N3OS. The first-order chi connectivity index (χ1) is 9.75. The van der Waals surface area contributed by atoms with Crippen molar-refractivity contribution in [3.63, 3.8) is 0 Å². The SMILES string of the molecule is NN1Sc2ccccc2-c2cc(O)c3cccnc3c21. The molecule has 20 heavy (non-hydrogen) atoms. The number of phenols is 1. The van der Waals surface area contributed by atoms with Crippen LogP contribution in [-0.4, -0.2) is 10.1 Å². The molecule has 0 saturated heterocycles. The molecule has 1 aliphatic heterocycles. The standard InChI is InChI=1S/C15H11N3OS/c16-18-15-11(9-4-1-2-6-13(9)20-18)8-12(19)10-5-3-7-17-14(10)15/h1-8,19H,16H2. The van der Waals surface area contributed by atoms with E-state index in [4.69, 9.17) is 5.84 Å². The van der Waals surface area contributed by atoms with Crippen LogP contribution in [0.2, 0.25) is 0 Å². The molecule has 2 aromatic carbocycles. The Hall–Kier alpha value is -2.24. The highest BCUT2D eigenvalue weighted by Gasteiger charge is 2.25. The van der Waals surface area contributed by atoms with Gasteiger partial charge in [0, 0.05) is 34.0 Å². The number of rotatable bonds is 0. The van der Waals surface area contributed by atoms with Gasteiger partial charge < -0.3 is 5.11 Å². The van der Waals surface area contributed by atoms with Crippen LogP contribution in [0, 0.1) is 0 Å². The van der Waals surface area contributed by atoms with Crippen molar-refractivity contribution in [3.05, 3.63) is 48.7 Å². The van der Waals surface area contributed by atoms with Crippen LogP contribution in [0.4, 0.5) is 5.69 Å². The molecule has 3 N–H and O–H groups in total. The van der Waals surface area contributed by atoms with Crippen molar-refractivity contribution >= 4 is 28.5 Å². The summed E-state index contributed by atoms with van der Waals surface area (Å²) < 4.78 is 1.62. The number of aromatic hydroxyl groups is 1. The molecule has 0 amide bonds. The smallest absolute Gasteiger partial charge is 0.125 e. The number of hydrogen-bond donors (Lipinski definition) is 2. The Morgan fingerprint density at radius 3 is 2.85 bits per heavy atom. The number of hydrazine groups is 1. The third-order valence-electron chi connectivity index (χ3n) is 3.44. The van der Waals surface area contributed by atoms with E-state index in [0.717, 1.165) is 21.7 Å². The minimum Gasteiger partial charge on any atom is -0.507 e. The molecule has 0 atom stereocenters. The highest BCUT2D eigenvalue weighted by molar-refractivity contribution is 8.00. The van der Waals surface area contributed by atoms with E-state index in [0.29, 0.717) is 10.9 Å². The van der Waals surface area contributed by atoms with Gasteiger partial charge in [0.2, 0.25) is 0 Å². The lowest BCUT2D eigenvalue weighted by atomic mass is 10.00. The van der Waals surface area contributed by atoms with Gasteiger partial charge in [0.1, 0.15) is 11.3 Å². The van der Waals surface area contributed by atoms with Crippen LogP contribution in [0.25, 0.3) is 22.0 Å². The Kier molecular flexibility index (Phi) is 2.39. The Labute approximate surface area is 120 Å². The molecule has 1 aliphatic rings. The van der Waals surface area contributed by atoms with Crippen LogP contribution >= 0.6 is 11.9 Å². The maximum atomic E-state index is 10.2. The summed E-state index contributed by atoms with van der Waals surface area (Å²) in [5.41, 5.74) is 3.52. The van der Waals surface area contributed by atoms with Crippen molar-refractivity contribution in [2.24, 2.45) is 5.84 Å². The molecule has 0 fully saturated rings. The summed E-state index contributed by atoms with van der Waals surface area (Å²) in [4.78, 5) is 5.45. The minimum absolute atomic E-state index is 0.224. The zero-order chi connectivity index (χ0) is 13.7. The quantitative estimate of drug-likeness (QED) is 0.489. The normalized spacial score (nSPS) is 13.2. The van der Waals surface area contributed by atoms with Gasteiger partial charge in [-0.05, 0) is 29.8 Å². The van der Waals surface area contributed by atoms with Gasteiger partial charge in [-0.25, -0.2) is 10.3 Å². The van der Waals surface area contributed by atoms with Crippen LogP contribution in [-0.2, 0) is 0 Å². The number of nitrogens with zero attached hydrogens (tertiary/aromatic N) is 2. The van der Waals surface area contributed by atoms with Crippen LogP contribution in [0.5, 0.6) is 5.75 Å². The second-order valence-electron chi connectivity index (χ2n) is 4.60. The maximum absolute atomic E-state index is 10.2. The zero-order valence-corrected chi connectivity index (χ0v) is 11.3. The Morgan fingerprint density at radius 2 is 1.95 bits per heavy atom. The molecule has 1 aromatic heterocycles. The Morgan fingerprint density at radius 1 is 1.10 bits per heavy atom. The number of hydrogen-bond acceptors (Lipinski definition) is 5. The largest absolute Gasteiger partial charge is 0.507 e. The number of nitrogens with two attached hydrogens (primary N) is 1. The maximum Gasteiger partial charge on any atom is 0.125 e. The molecule has 0 bridgehead atoms. The van der Waals surface area contributed by atoms with Crippen molar-refractivity contribution in [3.8, 4) is 16.9 Å². The minimum atomic E-state index is 0.224. The highest BCUT2D eigenvalue weighted by atomic mass is 32.2. The number of anilines is 1. The molecular weight excluding hydrogens is 270 g/mol. The van der Waals surface area contributed by atoms with Gasteiger partial charge in [-0.3, -0.25) is 4.98 Å². The summed E-state index contributed by atoms with van der Waals surface area (Å²) in [5.74, 6) is 6.38. The van der Waals surface area contributed by atoms with Gasteiger partial charge in [-0.15, -0.1) is 0 Å². The molecule has 0 saturated carbocycles. The summed E-state index contributed by atoms with van der Waals surface area (Å²) in [6.07, 6.45) is 1.71. The van der Waals surface area contributed by atoms with E-state index in [1.54, 1.807) is 22.7 Å². The number of benzene rings is 2. The second kappa shape index (κ2) is 4.13. The van der Waals surface area contributed by atoms with Gasteiger partial charge >= 0.3 is 0 Å². The van der Waals surface area contributed by atoms with E-state index < -0.39 is 0 Å². The predicted octanol–water partition coefficient (Wildman–Crippen LogP) is 3.31. The average molecular weight is 281 g/mol. The monoisotopic (exact) mass is 281 g/mol. The van der Waals surface area contributed by atoms with E-state index in [2.05, 4.69) is 4.98 Å². The van der Waals surface area contributed by atoms with Gasteiger partial charge in [-0.1, -0.05) is 18.2 Å². The van der Waals surface area contributed by atoms with Gasteiger partial charge in [0.15, 0.2) is 0 Å². The van der Waals surface area contributed by atoms with E-state index >= 15 is 0 Å². The van der Waals surface area contributed by atoms with Crippen LogP contribution < -0.4 is 10.3 Å². The Bertz CT molecular complexity index is 834. The average Bonchev–Trinajstić information content (AvgIpc) is 2.47. The number of aromatic nitrogens is 1. The van der Waals surface area contributed by atoms with Crippen molar-refractivity contribution in [1.29, 1.82) is 0 Å². The highest BCUT2D eigenvalue weighted by Crippen LogP contribution is 2.49. The van der Waals surface area contributed by atoms with E-state index in [-0.39, 0.29) is 5.75 Å². The number of pyridine rings is 1. The van der Waals surface area contributed by atoms with Crippen LogP contribution in [0.1, 0.15) is 0 Å².